The Morgan fingerprint density at radius 1 is 1.25 bits per heavy atom. The molecule has 0 bridgehead atoms. The second-order valence-electron chi connectivity index (χ2n) is 2.64. The number of nitrogens with zero attached hydrogens (tertiary/aromatic N) is 3. The first-order valence-corrected chi connectivity index (χ1v) is 4.05. The molecular weight excluding hydrogens is 150 g/mol. The molecule has 1 aliphatic rings. The summed E-state index contributed by atoms with van der Waals surface area (Å²) >= 11 is 0. The zero-order chi connectivity index (χ0) is 8.81. The van der Waals surface area contributed by atoms with Crippen LogP contribution in [0.5, 0.6) is 0 Å². The molecule has 0 amide bonds. The van der Waals surface area contributed by atoms with Gasteiger partial charge >= 0.3 is 0 Å². The van der Waals surface area contributed by atoms with Crippen molar-refractivity contribution in [2.24, 2.45) is 5.10 Å². The van der Waals surface area contributed by atoms with Crippen molar-refractivity contribution < 1.29 is 0 Å². The zero-order valence-electron chi connectivity index (χ0n) is 7.24. The van der Waals surface area contributed by atoms with Gasteiger partial charge in [-0.2, -0.15) is 5.10 Å². The highest BCUT2D eigenvalue weighted by atomic mass is 15.5. The van der Waals surface area contributed by atoms with Crippen LogP contribution in [0, 0.1) is 0 Å². The average molecular weight is 164 g/mol. The standard InChI is InChI=1S/C9H14N3/c1-3-5-11-7-8-12(6-4-2)10-9-11/h3-4H,1-2,5-8H2. The van der Waals surface area contributed by atoms with Crippen LogP contribution in [0.2, 0.25) is 0 Å². The lowest BCUT2D eigenvalue weighted by molar-refractivity contribution is 0.257. The molecule has 0 unspecified atom stereocenters. The second-order valence-corrected chi connectivity index (χ2v) is 2.64. The van der Waals surface area contributed by atoms with Crippen molar-refractivity contribution in [1.29, 1.82) is 0 Å². The molecule has 0 aromatic rings. The Bertz CT molecular complexity index is 166. The highest BCUT2D eigenvalue weighted by molar-refractivity contribution is 5.55. The summed E-state index contributed by atoms with van der Waals surface area (Å²) in [6.07, 6.45) is 6.61. The number of rotatable bonds is 4. The smallest absolute Gasteiger partial charge is 0.193 e. The van der Waals surface area contributed by atoms with Crippen LogP contribution >= 0.6 is 0 Å². The van der Waals surface area contributed by atoms with E-state index in [-0.39, 0.29) is 0 Å². The Morgan fingerprint density at radius 3 is 2.50 bits per heavy atom. The fourth-order valence-electron chi connectivity index (χ4n) is 1.03. The molecule has 3 nitrogen and oxygen atoms in total. The molecule has 1 rings (SSSR count). The third-order valence-corrected chi connectivity index (χ3v) is 1.64. The Hall–Kier alpha value is -1.25. The van der Waals surface area contributed by atoms with Crippen LogP contribution in [0.25, 0.3) is 0 Å². The van der Waals surface area contributed by atoms with E-state index in [1.807, 2.05) is 22.1 Å². The lowest BCUT2D eigenvalue weighted by atomic mass is 10.4. The lowest BCUT2D eigenvalue weighted by Crippen LogP contribution is -2.37. The quantitative estimate of drug-likeness (QED) is 0.572. The first-order chi connectivity index (χ1) is 5.86. The summed E-state index contributed by atoms with van der Waals surface area (Å²) in [7, 11) is 0. The largest absolute Gasteiger partial charge is 0.347 e. The molecule has 0 atom stereocenters. The van der Waals surface area contributed by atoms with Gasteiger partial charge in [0.1, 0.15) is 0 Å². The van der Waals surface area contributed by atoms with Gasteiger partial charge in [0.2, 0.25) is 0 Å². The van der Waals surface area contributed by atoms with E-state index in [2.05, 4.69) is 24.6 Å². The summed E-state index contributed by atoms with van der Waals surface area (Å²) in [6.45, 7) is 10.8. The van der Waals surface area contributed by atoms with Gasteiger partial charge in [-0.1, -0.05) is 12.2 Å². The number of hydrogen-bond donors (Lipinski definition) is 0. The van der Waals surface area contributed by atoms with Crippen LogP contribution in [0.15, 0.2) is 30.4 Å². The van der Waals surface area contributed by atoms with Gasteiger partial charge in [-0.15, -0.1) is 13.2 Å². The highest BCUT2D eigenvalue weighted by Gasteiger charge is 2.08. The van der Waals surface area contributed by atoms with Crippen molar-refractivity contribution in [1.82, 2.24) is 9.91 Å². The predicted octanol–water partition coefficient (Wildman–Crippen LogP) is 0.796. The summed E-state index contributed by atoms with van der Waals surface area (Å²) in [5, 5.41) is 6.05. The van der Waals surface area contributed by atoms with Crippen LogP contribution in [0.4, 0.5) is 0 Å². The number of hydrazone groups is 1. The van der Waals surface area contributed by atoms with Crippen molar-refractivity contribution in [2.75, 3.05) is 26.2 Å². The fraction of sp³-hybridized carbons (Fsp3) is 0.444. The normalized spacial score (nSPS) is 16.3. The molecule has 1 aliphatic heterocycles. The van der Waals surface area contributed by atoms with Crippen molar-refractivity contribution in [2.45, 2.75) is 0 Å². The number of hydrogen-bond acceptors (Lipinski definition) is 3. The molecule has 0 aliphatic carbocycles. The van der Waals surface area contributed by atoms with Crippen LogP contribution in [0.3, 0.4) is 0 Å². The topological polar surface area (TPSA) is 18.8 Å². The van der Waals surface area contributed by atoms with Gasteiger partial charge < -0.3 is 4.90 Å². The van der Waals surface area contributed by atoms with Crippen LogP contribution in [0.1, 0.15) is 0 Å². The second kappa shape index (κ2) is 4.59. The predicted molar refractivity (Wildman–Crippen MR) is 51.0 cm³/mol. The van der Waals surface area contributed by atoms with Gasteiger partial charge in [0.25, 0.3) is 0 Å². The van der Waals surface area contributed by atoms with Crippen molar-refractivity contribution >= 4 is 6.34 Å². The van der Waals surface area contributed by atoms with Gasteiger partial charge in [0, 0.05) is 13.1 Å². The van der Waals surface area contributed by atoms with E-state index in [4.69, 9.17) is 0 Å². The van der Waals surface area contributed by atoms with Crippen molar-refractivity contribution in [3.05, 3.63) is 25.3 Å². The molecule has 0 saturated carbocycles. The Morgan fingerprint density at radius 2 is 2.00 bits per heavy atom. The molecule has 3 heteroatoms. The van der Waals surface area contributed by atoms with E-state index in [1.165, 1.54) is 0 Å². The molecule has 0 aromatic heterocycles. The van der Waals surface area contributed by atoms with E-state index in [0.29, 0.717) is 0 Å². The fourth-order valence-corrected chi connectivity index (χ4v) is 1.03. The van der Waals surface area contributed by atoms with E-state index >= 15 is 0 Å². The van der Waals surface area contributed by atoms with E-state index in [0.717, 1.165) is 26.2 Å². The summed E-state index contributed by atoms with van der Waals surface area (Å²) in [5.74, 6) is 0. The minimum Gasteiger partial charge on any atom is -0.347 e. The summed E-state index contributed by atoms with van der Waals surface area (Å²) < 4.78 is 0. The Kier molecular flexibility index (Phi) is 3.38. The summed E-state index contributed by atoms with van der Waals surface area (Å²) in [6, 6.07) is 0. The first-order valence-electron chi connectivity index (χ1n) is 4.05. The molecule has 0 spiro atoms. The van der Waals surface area contributed by atoms with E-state index < -0.39 is 0 Å². The van der Waals surface area contributed by atoms with Gasteiger partial charge in [-0.3, -0.25) is 5.01 Å². The van der Waals surface area contributed by atoms with E-state index in [1.54, 1.807) is 0 Å². The molecule has 0 N–H and O–H groups in total. The van der Waals surface area contributed by atoms with E-state index in [9.17, 15) is 0 Å². The van der Waals surface area contributed by atoms with Gasteiger partial charge in [-0.05, 0) is 0 Å². The first kappa shape index (κ1) is 8.84. The molecule has 0 aromatic carbocycles. The molecule has 0 saturated heterocycles. The van der Waals surface area contributed by atoms with Crippen LogP contribution < -0.4 is 0 Å². The van der Waals surface area contributed by atoms with Gasteiger partial charge in [-0.25, -0.2) is 0 Å². The maximum atomic E-state index is 4.11. The maximum absolute atomic E-state index is 4.11. The highest BCUT2D eigenvalue weighted by Crippen LogP contribution is 1.98. The van der Waals surface area contributed by atoms with Crippen LogP contribution in [-0.2, 0) is 0 Å². The summed E-state index contributed by atoms with van der Waals surface area (Å²) in [4.78, 5) is 2.01. The molecule has 0 fully saturated rings. The SMILES string of the molecule is C=CCN1[C]=NN(CC=C)CC1. The minimum atomic E-state index is 0.801. The van der Waals surface area contributed by atoms with Crippen molar-refractivity contribution in [3.63, 3.8) is 0 Å². The molecule has 65 valence electrons. The average Bonchev–Trinajstić information content (AvgIpc) is 2.09. The monoisotopic (exact) mass is 164 g/mol. The lowest BCUT2D eigenvalue weighted by Gasteiger charge is -2.27. The van der Waals surface area contributed by atoms with Crippen LogP contribution in [-0.4, -0.2) is 42.4 Å². The molecule has 1 heterocycles. The molecule has 1 radical (unpaired) electrons. The zero-order valence-corrected chi connectivity index (χ0v) is 7.24. The Balaban J connectivity index is 2.35. The molecule has 12 heavy (non-hydrogen) atoms. The van der Waals surface area contributed by atoms with Gasteiger partial charge in [0.05, 0.1) is 13.1 Å². The van der Waals surface area contributed by atoms with Gasteiger partial charge in [0.15, 0.2) is 6.34 Å². The third kappa shape index (κ3) is 2.42. The maximum Gasteiger partial charge on any atom is 0.193 e. The summed E-state index contributed by atoms with van der Waals surface area (Å²) in [5.41, 5.74) is 0. The molecular formula is C9H14N3. The van der Waals surface area contributed by atoms with Crippen molar-refractivity contribution in [3.8, 4) is 0 Å². The Labute approximate surface area is 73.7 Å². The minimum absolute atomic E-state index is 0.801. The third-order valence-electron chi connectivity index (χ3n) is 1.64.